The Balaban J connectivity index is 1.57. The number of anilines is 1. The minimum atomic E-state index is 0.136. The smallest absolute Gasteiger partial charge is 0.219 e. The summed E-state index contributed by atoms with van der Waals surface area (Å²) in [4.78, 5) is 20.0. The highest BCUT2D eigenvalue weighted by molar-refractivity contribution is 7.22. The third-order valence-corrected chi connectivity index (χ3v) is 6.09. The molecule has 0 saturated carbocycles. The van der Waals surface area contributed by atoms with E-state index in [9.17, 15) is 4.79 Å². The molecular formula is C17H24ClN4OS+. The van der Waals surface area contributed by atoms with E-state index in [4.69, 9.17) is 16.6 Å². The monoisotopic (exact) mass is 367 g/mol. The van der Waals surface area contributed by atoms with E-state index in [1.165, 1.54) is 4.70 Å². The number of thiazole rings is 1. The molecule has 0 bridgehead atoms. The molecule has 3 rings (SSSR count). The van der Waals surface area contributed by atoms with Crippen molar-refractivity contribution >= 4 is 44.2 Å². The fourth-order valence-corrected chi connectivity index (χ4v) is 4.22. The van der Waals surface area contributed by atoms with Gasteiger partial charge in [-0.3, -0.25) is 4.79 Å². The second-order valence-electron chi connectivity index (χ2n) is 6.21. The van der Waals surface area contributed by atoms with E-state index < -0.39 is 0 Å². The third kappa shape index (κ3) is 3.82. The average molecular weight is 368 g/mol. The summed E-state index contributed by atoms with van der Waals surface area (Å²) in [6, 6.07) is 4.01. The van der Waals surface area contributed by atoms with E-state index in [-0.39, 0.29) is 5.91 Å². The Bertz CT molecular complexity index is 725. The van der Waals surface area contributed by atoms with E-state index in [1.54, 1.807) is 16.2 Å². The zero-order chi connectivity index (χ0) is 17.1. The molecule has 2 N–H and O–H groups in total. The number of halogens is 1. The van der Waals surface area contributed by atoms with E-state index in [2.05, 4.69) is 16.3 Å². The Morgan fingerprint density at radius 2 is 2.17 bits per heavy atom. The number of quaternary nitrogens is 1. The molecule has 1 fully saturated rings. The molecule has 0 radical (unpaired) electrons. The van der Waals surface area contributed by atoms with Crippen molar-refractivity contribution in [3.8, 4) is 0 Å². The number of hydrogen-bond acceptors (Lipinski definition) is 4. The zero-order valence-electron chi connectivity index (χ0n) is 14.2. The first kappa shape index (κ1) is 17.5. The van der Waals surface area contributed by atoms with Gasteiger partial charge in [0.25, 0.3) is 0 Å². The number of carbonyl (C=O) groups is 1. The number of aryl methyl sites for hydroxylation is 1. The first-order chi connectivity index (χ1) is 11.6. The molecular weight excluding hydrogens is 344 g/mol. The van der Waals surface area contributed by atoms with Gasteiger partial charge in [0.1, 0.15) is 0 Å². The molecule has 2 heterocycles. The fraction of sp³-hybridized carbons (Fsp3) is 0.529. The van der Waals surface area contributed by atoms with Crippen LogP contribution in [0, 0.1) is 6.92 Å². The summed E-state index contributed by atoms with van der Waals surface area (Å²) in [5.41, 5.74) is 2.09. The van der Waals surface area contributed by atoms with E-state index >= 15 is 0 Å². The number of hydrogen-bond donors (Lipinski definition) is 2. The number of amides is 1. The molecule has 0 unspecified atom stereocenters. The molecule has 24 heavy (non-hydrogen) atoms. The molecule has 1 saturated heterocycles. The largest absolute Gasteiger partial charge is 0.350 e. The first-order valence-electron chi connectivity index (χ1n) is 8.49. The molecule has 1 aliphatic heterocycles. The van der Waals surface area contributed by atoms with Crippen molar-refractivity contribution in [1.29, 1.82) is 0 Å². The zero-order valence-corrected chi connectivity index (χ0v) is 15.8. The normalized spacial score (nSPS) is 15.9. The van der Waals surface area contributed by atoms with Crippen LogP contribution in [0.3, 0.4) is 0 Å². The van der Waals surface area contributed by atoms with Crippen LogP contribution in [-0.4, -0.2) is 50.2 Å². The van der Waals surface area contributed by atoms with E-state index in [1.807, 2.05) is 19.9 Å². The number of nitrogens with one attached hydrogen (secondary N) is 2. The lowest BCUT2D eigenvalue weighted by molar-refractivity contribution is -0.899. The van der Waals surface area contributed by atoms with Gasteiger partial charge >= 0.3 is 0 Å². The van der Waals surface area contributed by atoms with Gasteiger partial charge in [-0.2, -0.15) is 0 Å². The van der Waals surface area contributed by atoms with Crippen LogP contribution in [0.15, 0.2) is 12.1 Å². The summed E-state index contributed by atoms with van der Waals surface area (Å²) < 4.78 is 1.20. The van der Waals surface area contributed by atoms with Crippen LogP contribution in [0.2, 0.25) is 5.02 Å². The third-order valence-electron chi connectivity index (χ3n) is 4.60. The van der Waals surface area contributed by atoms with E-state index in [0.29, 0.717) is 6.42 Å². The number of piperazine rings is 1. The van der Waals surface area contributed by atoms with Gasteiger partial charge in [-0.1, -0.05) is 29.9 Å². The molecule has 0 atom stereocenters. The predicted octanol–water partition coefficient (Wildman–Crippen LogP) is 1.49. The number of carbonyl (C=O) groups excluding carboxylic acids is 1. The Kier molecular flexibility index (Phi) is 5.58. The van der Waals surface area contributed by atoms with Gasteiger partial charge in [-0.15, -0.1) is 0 Å². The topological polar surface area (TPSA) is 49.7 Å². The Morgan fingerprint density at radius 1 is 1.42 bits per heavy atom. The summed E-state index contributed by atoms with van der Waals surface area (Å²) in [5.74, 6) is 0.136. The van der Waals surface area contributed by atoms with Crippen molar-refractivity contribution in [2.24, 2.45) is 0 Å². The maximum Gasteiger partial charge on any atom is 0.219 e. The molecule has 1 aliphatic rings. The highest BCUT2D eigenvalue weighted by Crippen LogP contribution is 2.33. The summed E-state index contributed by atoms with van der Waals surface area (Å²) in [7, 11) is 0. The van der Waals surface area contributed by atoms with Crippen LogP contribution in [0.5, 0.6) is 0 Å². The summed E-state index contributed by atoms with van der Waals surface area (Å²) >= 11 is 7.94. The maximum atomic E-state index is 11.3. The van der Waals surface area contributed by atoms with Gasteiger partial charge in [-0.05, 0) is 24.6 Å². The highest BCUT2D eigenvalue weighted by atomic mass is 35.5. The lowest BCUT2D eigenvalue weighted by Gasteiger charge is -2.32. The molecule has 1 aromatic heterocycles. The Hall–Kier alpha value is -1.37. The predicted molar refractivity (Wildman–Crippen MR) is 100 cm³/mol. The van der Waals surface area contributed by atoms with Crippen LogP contribution >= 0.6 is 22.9 Å². The molecule has 7 heteroatoms. The number of benzene rings is 1. The number of rotatable bonds is 5. The molecule has 130 valence electrons. The Morgan fingerprint density at radius 3 is 2.88 bits per heavy atom. The Labute approximate surface area is 151 Å². The summed E-state index contributed by atoms with van der Waals surface area (Å²) in [6.45, 7) is 9.84. The average Bonchev–Trinajstić information content (AvgIpc) is 3.03. The van der Waals surface area contributed by atoms with Gasteiger partial charge < -0.3 is 15.1 Å². The second-order valence-corrected chi connectivity index (χ2v) is 7.62. The minimum absolute atomic E-state index is 0.136. The van der Waals surface area contributed by atoms with Gasteiger partial charge in [0.05, 0.1) is 49.5 Å². The highest BCUT2D eigenvalue weighted by Gasteiger charge is 2.22. The van der Waals surface area contributed by atoms with Crippen molar-refractivity contribution in [3.05, 3.63) is 22.7 Å². The van der Waals surface area contributed by atoms with Crippen LogP contribution in [-0.2, 0) is 4.79 Å². The molecule has 5 nitrogen and oxygen atoms in total. The second kappa shape index (κ2) is 7.68. The van der Waals surface area contributed by atoms with Gasteiger partial charge in [-0.25, -0.2) is 4.98 Å². The number of fused-ring (bicyclic) bond motifs is 1. The maximum absolute atomic E-state index is 11.3. The first-order valence-corrected chi connectivity index (χ1v) is 9.68. The standard InChI is InChI=1S/C17H23ClN4OS/c1-3-15(23)19-6-7-21-8-10-22(11-9-21)17-20-16-12(2)13(18)4-5-14(16)24-17/h4-5H,3,6-11H2,1-2H3,(H,19,23)/p+1. The van der Waals surface area contributed by atoms with Crippen molar-refractivity contribution < 1.29 is 9.69 Å². The molecule has 1 aromatic carbocycles. The number of nitrogens with zero attached hydrogens (tertiary/aromatic N) is 2. The van der Waals surface area contributed by atoms with Gasteiger partial charge in [0, 0.05) is 11.4 Å². The van der Waals surface area contributed by atoms with Gasteiger partial charge in [0.2, 0.25) is 5.91 Å². The molecule has 1 amide bonds. The summed E-state index contributed by atoms with van der Waals surface area (Å²) in [6.07, 6.45) is 0.560. The molecule has 0 aliphatic carbocycles. The van der Waals surface area contributed by atoms with Crippen LogP contribution in [0.25, 0.3) is 10.2 Å². The van der Waals surface area contributed by atoms with Gasteiger partial charge in [0.15, 0.2) is 5.13 Å². The SMILES string of the molecule is CCC(=O)NCC[NH+]1CCN(c2nc3c(C)c(Cl)ccc3s2)CC1. The van der Waals surface area contributed by atoms with Crippen molar-refractivity contribution in [2.45, 2.75) is 20.3 Å². The van der Waals surface area contributed by atoms with Crippen LogP contribution < -0.4 is 15.1 Å². The number of aromatic nitrogens is 1. The minimum Gasteiger partial charge on any atom is -0.350 e. The van der Waals surface area contributed by atoms with Crippen molar-refractivity contribution in [2.75, 3.05) is 44.2 Å². The van der Waals surface area contributed by atoms with E-state index in [0.717, 1.165) is 60.5 Å². The summed E-state index contributed by atoms with van der Waals surface area (Å²) in [5, 5.41) is 4.83. The molecule has 2 aromatic rings. The van der Waals surface area contributed by atoms with Crippen LogP contribution in [0.1, 0.15) is 18.9 Å². The van der Waals surface area contributed by atoms with Crippen molar-refractivity contribution in [3.63, 3.8) is 0 Å². The lowest BCUT2D eigenvalue weighted by atomic mass is 10.2. The molecule has 0 spiro atoms. The van der Waals surface area contributed by atoms with Crippen molar-refractivity contribution in [1.82, 2.24) is 10.3 Å². The quantitative estimate of drug-likeness (QED) is 0.841. The fourth-order valence-electron chi connectivity index (χ4n) is 2.99. The van der Waals surface area contributed by atoms with Crippen LogP contribution in [0.4, 0.5) is 5.13 Å². The lowest BCUT2D eigenvalue weighted by Crippen LogP contribution is -3.15.